The Morgan fingerprint density at radius 2 is 1.75 bits per heavy atom. The van der Waals surface area contributed by atoms with Crippen molar-refractivity contribution in [3.8, 4) is 11.1 Å². The van der Waals surface area contributed by atoms with Gasteiger partial charge in [0.15, 0.2) is 6.29 Å². The van der Waals surface area contributed by atoms with Crippen molar-refractivity contribution >= 4 is 27.7 Å². The molecule has 3 aromatic rings. The van der Waals surface area contributed by atoms with Crippen molar-refractivity contribution in [3.63, 3.8) is 0 Å². The van der Waals surface area contributed by atoms with E-state index in [1.165, 1.54) is 5.56 Å². The molecule has 0 amide bonds. The summed E-state index contributed by atoms with van der Waals surface area (Å²) in [6.45, 7) is 4.08. The first-order valence-corrected chi connectivity index (χ1v) is 7.23. The third-order valence-corrected chi connectivity index (χ3v) is 4.17. The molecule has 2 aromatic heterocycles. The quantitative estimate of drug-likeness (QED) is 0.619. The standard InChI is InChI=1S/C17H14BrNO/c1-11-4-6-16(18)14(7-11)15-8-13-5-3-12(2)9-19(13)17(15)10-20/h3-10H,1-2H3. The van der Waals surface area contributed by atoms with E-state index in [9.17, 15) is 4.79 Å². The van der Waals surface area contributed by atoms with Crippen LogP contribution < -0.4 is 0 Å². The summed E-state index contributed by atoms with van der Waals surface area (Å²) in [5.74, 6) is 0. The first kappa shape index (κ1) is 13.1. The van der Waals surface area contributed by atoms with Gasteiger partial charge in [-0.25, -0.2) is 0 Å². The number of rotatable bonds is 2. The summed E-state index contributed by atoms with van der Waals surface area (Å²) in [6, 6.07) is 12.3. The Labute approximate surface area is 126 Å². The third kappa shape index (κ3) is 2.08. The van der Waals surface area contributed by atoms with Crippen molar-refractivity contribution in [2.75, 3.05) is 0 Å². The number of aryl methyl sites for hydroxylation is 2. The van der Waals surface area contributed by atoms with Crippen LogP contribution in [0.5, 0.6) is 0 Å². The van der Waals surface area contributed by atoms with Gasteiger partial charge >= 0.3 is 0 Å². The van der Waals surface area contributed by atoms with Crippen LogP contribution in [0.25, 0.3) is 16.6 Å². The molecule has 0 atom stereocenters. The molecule has 0 fully saturated rings. The summed E-state index contributed by atoms with van der Waals surface area (Å²) in [7, 11) is 0. The second-order valence-electron chi connectivity index (χ2n) is 5.05. The number of halogens is 1. The summed E-state index contributed by atoms with van der Waals surface area (Å²) >= 11 is 3.58. The number of hydrogen-bond acceptors (Lipinski definition) is 1. The molecule has 20 heavy (non-hydrogen) atoms. The van der Waals surface area contributed by atoms with Crippen molar-refractivity contribution < 1.29 is 4.79 Å². The van der Waals surface area contributed by atoms with Crippen LogP contribution in [0.1, 0.15) is 21.6 Å². The lowest BCUT2D eigenvalue weighted by Crippen LogP contribution is -1.93. The van der Waals surface area contributed by atoms with Crippen molar-refractivity contribution in [3.05, 3.63) is 63.9 Å². The number of aromatic nitrogens is 1. The van der Waals surface area contributed by atoms with Crippen molar-refractivity contribution in [2.24, 2.45) is 0 Å². The van der Waals surface area contributed by atoms with Crippen LogP contribution in [0, 0.1) is 13.8 Å². The smallest absolute Gasteiger partial charge is 0.167 e. The third-order valence-electron chi connectivity index (χ3n) is 3.48. The number of aldehydes is 1. The Morgan fingerprint density at radius 3 is 2.50 bits per heavy atom. The first-order chi connectivity index (χ1) is 9.60. The van der Waals surface area contributed by atoms with E-state index < -0.39 is 0 Å². The van der Waals surface area contributed by atoms with E-state index in [2.05, 4.69) is 41.1 Å². The summed E-state index contributed by atoms with van der Waals surface area (Å²) in [5, 5.41) is 0. The van der Waals surface area contributed by atoms with Crippen LogP contribution in [0.15, 0.2) is 47.1 Å². The van der Waals surface area contributed by atoms with Crippen LogP contribution in [-0.4, -0.2) is 10.7 Å². The second-order valence-corrected chi connectivity index (χ2v) is 5.90. The average molecular weight is 328 g/mol. The summed E-state index contributed by atoms with van der Waals surface area (Å²) in [6.07, 6.45) is 2.92. The Kier molecular flexibility index (Phi) is 3.22. The molecular weight excluding hydrogens is 314 g/mol. The molecule has 1 aromatic carbocycles. The van der Waals surface area contributed by atoms with Crippen LogP contribution in [-0.2, 0) is 0 Å². The molecular formula is C17H14BrNO. The van der Waals surface area contributed by atoms with Gasteiger partial charge < -0.3 is 4.40 Å². The highest BCUT2D eigenvalue weighted by atomic mass is 79.9. The maximum atomic E-state index is 11.5. The van der Waals surface area contributed by atoms with Crippen LogP contribution in [0.2, 0.25) is 0 Å². The van der Waals surface area contributed by atoms with E-state index in [1.54, 1.807) is 0 Å². The van der Waals surface area contributed by atoms with Crippen LogP contribution in [0.4, 0.5) is 0 Å². The zero-order valence-corrected chi connectivity index (χ0v) is 12.9. The Bertz CT molecular complexity index is 817. The molecule has 100 valence electrons. The van der Waals surface area contributed by atoms with Gasteiger partial charge in [-0.1, -0.05) is 39.7 Å². The van der Waals surface area contributed by atoms with Gasteiger partial charge in [-0.2, -0.15) is 0 Å². The Hall–Kier alpha value is -1.87. The zero-order valence-electron chi connectivity index (χ0n) is 11.4. The molecule has 0 saturated carbocycles. The van der Waals surface area contributed by atoms with E-state index in [4.69, 9.17) is 0 Å². The van der Waals surface area contributed by atoms with E-state index in [-0.39, 0.29) is 0 Å². The summed E-state index contributed by atoms with van der Waals surface area (Å²) in [5.41, 5.74) is 6.03. The fraction of sp³-hybridized carbons (Fsp3) is 0.118. The minimum absolute atomic E-state index is 0.690. The fourth-order valence-electron chi connectivity index (χ4n) is 2.48. The number of carbonyl (C=O) groups is 1. The van der Waals surface area contributed by atoms with Gasteiger partial charge in [-0.15, -0.1) is 0 Å². The molecule has 3 rings (SSSR count). The molecule has 2 heterocycles. The molecule has 0 saturated heterocycles. The van der Waals surface area contributed by atoms with E-state index in [0.29, 0.717) is 5.69 Å². The van der Waals surface area contributed by atoms with Crippen molar-refractivity contribution in [2.45, 2.75) is 13.8 Å². The van der Waals surface area contributed by atoms with Gasteiger partial charge in [-0.05, 0) is 43.2 Å². The molecule has 0 aliphatic rings. The lowest BCUT2D eigenvalue weighted by atomic mass is 10.0. The molecule has 0 bridgehead atoms. The van der Waals surface area contributed by atoms with Gasteiger partial charge in [-0.3, -0.25) is 4.79 Å². The van der Waals surface area contributed by atoms with Gasteiger partial charge in [0.2, 0.25) is 0 Å². The van der Waals surface area contributed by atoms with Gasteiger partial charge in [0.25, 0.3) is 0 Å². The summed E-state index contributed by atoms with van der Waals surface area (Å²) in [4.78, 5) is 11.5. The number of carbonyl (C=O) groups excluding carboxylic acids is 1. The fourth-order valence-corrected chi connectivity index (χ4v) is 2.94. The minimum Gasteiger partial charge on any atom is -0.313 e. The maximum absolute atomic E-state index is 11.5. The molecule has 0 aliphatic heterocycles. The van der Waals surface area contributed by atoms with Crippen LogP contribution >= 0.6 is 15.9 Å². The van der Waals surface area contributed by atoms with Gasteiger partial charge in [0.1, 0.15) is 0 Å². The van der Waals surface area contributed by atoms with Gasteiger partial charge in [0.05, 0.1) is 5.69 Å². The number of pyridine rings is 1. The molecule has 3 heteroatoms. The topological polar surface area (TPSA) is 21.5 Å². The number of hydrogen-bond donors (Lipinski definition) is 0. The maximum Gasteiger partial charge on any atom is 0.167 e. The largest absolute Gasteiger partial charge is 0.313 e. The SMILES string of the molecule is Cc1ccc(Br)c(-c2cc3ccc(C)cn3c2C=O)c1. The number of nitrogens with zero attached hydrogens (tertiary/aromatic N) is 1. The van der Waals surface area contributed by atoms with Crippen molar-refractivity contribution in [1.82, 2.24) is 4.40 Å². The van der Waals surface area contributed by atoms with E-state index in [0.717, 1.165) is 33.0 Å². The Morgan fingerprint density at radius 1 is 1.00 bits per heavy atom. The predicted octanol–water partition coefficient (Wildman–Crippen LogP) is 4.80. The molecule has 2 nitrogen and oxygen atoms in total. The van der Waals surface area contributed by atoms with Crippen molar-refractivity contribution in [1.29, 1.82) is 0 Å². The number of fused-ring (bicyclic) bond motifs is 1. The lowest BCUT2D eigenvalue weighted by molar-refractivity contribution is 0.111. The molecule has 0 radical (unpaired) electrons. The van der Waals surface area contributed by atoms with Crippen LogP contribution in [0.3, 0.4) is 0 Å². The number of benzene rings is 1. The highest BCUT2D eigenvalue weighted by molar-refractivity contribution is 9.10. The average Bonchev–Trinajstić information content (AvgIpc) is 2.79. The minimum atomic E-state index is 0.690. The molecule has 0 spiro atoms. The van der Waals surface area contributed by atoms with E-state index in [1.807, 2.05) is 35.7 Å². The Balaban J connectivity index is 2.36. The second kappa shape index (κ2) is 4.91. The summed E-state index contributed by atoms with van der Waals surface area (Å²) < 4.78 is 2.95. The van der Waals surface area contributed by atoms with E-state index >= 15 is 0 Å². The lowest BCUT2D eigenvalue weighted by Gasteiger charge is -2.05. The molecule has 0 unspecified atom stereocenters. The monoisotopic (exact) mass is 327 g/mol. The highest BCUT2D eigenvalue weighted by Gasteiger charge is 2.14. The first-order valence-electron chi connectivity index (χ1n) is 6.43. The zero-order chi connectivity index (χ0) is 14.3. The normalized spacial score (nSPS) is 10.9. The van der Waals surface area contributed by atoms with Gasteiger partial charge in [0, 0.05) is 21.7 Å². The molecule has 0 N–H and O–H groups in total. The highest BCUT2D eigenvalue weighted by Crippen LogP contribution is 2.33. The molecule has 0 aliphatic carbocycles. The predicted molar refractivity (Wildman–Crippen MR) is 85.4 cm³/mol.